The van der Waals surface area contributed by atoms with Gasteiger partial charge in [0.1, 0.15) is 22.9 Å². The summed E-state index contributed by atoms with van der Waals surface area (Å²) in [6, 6.07) is 7.30. The number of rotatable bonds is 6. The maximum absolute atomic E-state index is 11.5. The lowest BCUT2D eigenvalue weighted by atomic mass is 9.88. The molecule has 10 heteroatoms. The predicted molar refractivity (Wildman–Crippen MR) is 113 cm³/mol. The van der Waals surface area contributed by atoms with E-state index < -0.39 is 5.91 Å². The van der Waals surface area contributed by atoms with Gasteiger partial charge < -0.3 is 11.1 Å². The minimum absolute atomic E-state index is 0.294. The number of imidazole rings is 1. The highest BCUT2D eigenvalue weighted by molar-refractivity contribution is 7.15. The van der Waals surface area contributed by atoms with Gasteiger partial charge in [-0.15, -0.1) is 21.5 Å². The van der Waals surface area contributed by atoms with Crippen LogP contribution in [-0.4, -0.2) is 37.0 Å². The van der Waals surface area contributed by atoms with Gasteiger partial charge >= 0.3 is 0 Å². The second-order valence-corrected chi connectivity index (χ2v) is 8.38. The Morgan fingerprint density at radius 1 is 1.28 bits per heavy atom. The number of nitrogens with one attached hydrogen (secondary N) is 1. The standard InChI is InChI=1S/C19H18ClN7OS/c1-19(2,16-11(20)4-3-7-22-16)10-23-15-6-5-12(25-26-15)13-8-27-14(17(21)28)9-29-18(27)24-13/h3-9H,10H2,1-2H3,(H2,21,28)(H,23,26). The van der Waals surface area contributed by atoms with Crippen LogP contribution in [0.5, 0.6) is 0 Å². The summed E-state index contributed by atoms with van der Waals surface area (Å²) in [5.74, 6) is 0.134. The molecule has 29 heavy (non-hydrogen) atoms. The molecule has 0 aromatic carbocycles. The molecule has 0 spiro atoms. The fraction of sp³-hybridized carbons (Fsp3) is 0.211. The molecule has 0 saturated heterocycles. The first-order chi connectivity index (χ1) is 13.8. The molecule has 4 rings (SSSR count). The minimum Gasteiger partial charge on any atom is -0.368 e. The van der Waals surface area contributed by atoms with Gasteiger partial charge in [-0.1, -0.05) is 25.4 Å². The van der Waals surface area contributed by atoms with Crippen LogP contribution in [0.25, 0.3) is 16.3 Å². The third kappa shape index (κ3) is 3.79. The Hall–Kier alpha value is -3.04. The summed E-state index contributed by atoms with van der Waals surface area (Å²) in [6.45, 7) is 4.70. The van der Waals surface area contributed by atoms with Crippen LogP contribution >= 0.6 is 22.9 Å². The minimum atomic E-state index is -0.499. The van der Waals surface area contributed by atoms with Crippen LogP contribution in [0.3, 0.4) is 0 Å². The van der Waals surface area contributed by atoms with E-state index in [9.17, 15) is 4.79 Å². The molecule has 148 valence electrons. The fourth-order valence-electron chi connectivity index (χ4n) is 2.93. The van der Waals surface area contributed by atoms with Gasteiger partial charge in [0, 0.05) is 29.7 Å². The summed E-state index contributed by atoms with van der Waals surface area (Å²) in [5, 5.41) is 14.1. The summed E-state index contributed by atoms with van der Waals surface area (Å²) >= 11 is 7.62. The van der Waals surface area contributed by atoms with Gasteiger partial charge in [0.05, 0.1) is 10.7 Å². The normalized spacial score (nSPS) is 11.7. The van der Waals surface area contributed by atoms with Crippen molar-refractivity contribution >= 4 is 39.6 Å². The van der Waals surface area contributed by atoms with Gasteiger partial charge in [0.2, 0.25) is 0 Å². The molecule has 1 amide bonds. The monoisotopic (exact) mass is 427 g/mol. The van der Waals surface area contributed by atoms with Gasteiger partial charge in [-0.25, -0.2) is 4.98 Å². The molecule has 0 bridgehead atoms. The predicted octanol–water partition coefficient (Wildman–Crippen LogP) is 3.39. The molecule has 0 aliphatic rings. The van der Waals surface area contributed by atoms with Crippen LogP contribution in [-0.2, 0) is 5.41 Å². The SMILES string of the molecule is CC(C)(CNc1ccc(-c2cn3c(C(N)=O)csc3n2)nn1)c1ncccc1Cl. The quantitative estimate of drug-likeness (QED) is 0.488. The highest BCUT2D eigenvalue weighted by atomic mass is 35.5. The Balaban J connectivity index is 1.50. The molecule has 0 aliphatic heterocycles. The Morgan fingerprint density at radius 2 is 2.10 bits per heavy atom. The molecule has 0 fully saturated rings. The first-order valence-electron chi connectivity index (χ1n) is 8.80. The van der Waals surface area contributed by atoms with Crippen molar-refractivity contribution in [1.29, 1.82) is 0 Å². The third-order valence-corrected chi connectivity index (χ3v) is 5.64. The number of primary amides is 1. The van der Waals surface area contributed by atoms with E-state index in [-0.39, 0.29) is 5.41 Å². The molecular formula is C19H18ClN7OS. The molecule has 0 atom stereocenters. The Labute approximate surface area is 175 Å². The molecule has 0 saturated carbocycles. The molecule has 0 aliphatic carbocycles. The van der Waals surface area contributed by atoms with Gasteiger partial charge in [-0.2, -0.15) is 0 Å². The number of aromatic nitrogens is 5. The summed E-state index contributed by atoms with van der Waals surface area (Å²) in [4.78, 5) is 21.0. The van der Waals surface area contributed by atoms with Crippen LogP contribution in [0.15, 0.2) is 42.0 Å². The number of hydrogen-bond donors (Lipinski definition) is 2. The van der Waals surface area contributed by atoms with Crippen LogP contribution in [0.2, 0.25) is 5.02 Å². The smallest absolute Gasteiger partial charge is 0.266 e. The zero-order valence-corrected chi connectivity index (χ0v) is 17.3. The van der Waals surface area contributed by atoms with Crippen LogP contribution < -0.4 is 11.1 Å². The largest absolute Gasteiger partial charge is 0.368 e. The lowest BCUT2D eigenvalue weighted by Crippen LogP contribution is -2.29. The Kier molecular flexibility index (Phi) is 4.93. The van der Waals surface area contributed by atoms with Gasteiger partial charge in [-0.05, 0) is 24.3 Å². The summed E-state index contributed by atoms with van der Waals surface area (Å²) in [5.41, 5.74) is 7.53. The topological polar surface area (TPSA) is 111 Å². The first-order valence-corrected chi connectivity index (χ1v) is 10.1. The molecule has 0 unspecified atom stereocenters. The number of amides is 1. The molecule has 4 heterocycles. The van der Waals surface area contributed by atoms with Crippen molar-refractivity contribution in [2.45, 2.75) is 19.3 Å². The van der Waals surface area contributed by atoms with Crippen molar-refractivity contribution in [2.24, 2.45) is 5.73 Å². The lowest BCUT2D eigenvalue weighted by Gasteiger charge is -2.25. The average molecular weight is 428 g/mol. The van der Waals surface area contributed by atoms with Crippen LogP contribution in [0, 0.1) is 0 Å². The highest BCUT2D eigenvalue weighted by Crippen LogP contribution is 2.28. The number of pyridine rings is 1. The van der Waals surface area contributed by atoms with Crippen molar-refractivity contribution in [2.75, 3.05) is 11.9 Å². The van der Waals surface area contributed by atoms with E-state index in [0.717, 1.165) is 5.69 Å². The molecule has 4 aromatic rings. The van der Waals surface area contributed by atoms with Crippen LogP contribution in [0.1, 0.15) is 30.0 Å². The molecule has 0 radical (unpaired) electrons. The number of carbonyl (C=O) groups is 1. The number of fused-ring (bicyclic) bond motifs is 1. The van der Waals surface area contributed by atoms with Crippen molar-refractivity contribution in [1.82, 2.24) is 24.6 Å². The maximum Gasteiger partial charge on any atom is 0.266 e. The summed E-state index contributed by atoms with van der Waals surface area (Å²) < 4.78 is 1.66. The van der Waals surface area contributed by atoms with E-state index >= 15 is 0 Å². The lowest BCUT2D eigenvalue weighted by molar-refractivity contribution is 0.0995. The van der Waals surface area contributed by atoms with Crippen molar-refractivity contribution in [3.8, 4) is 11.4 Å². The second-order valence-electron chi connectivity index (χ2n) is 7.14. The Bertz CT molecular complexity index is 1180. The van der Waals surface area contributed by atoms with E-state index in [2.05, 4.69) is 39.3 Å². The number of nitrogens with two attached hydrogens (primary N) is 1. The number of hydrogen-bond acceptors (Lipinski definition) is 7. The van der Waals surface area contributed by atoms with Gasteiger partial charge in [-0.3, -0.25) is 14.2 Å². The van der Waals surface area contributed by atoms with Crippen molar-refractivity contribution in [3.05, 3.63) is 58.4 Å². The zero-order valence-electron chi connectivity index (χ0n) is 15.8. The molecular weight excluding hydrogens is 410 g/mol. The third-order valence-electron chi connectivity index (χ3n) is 4.50. The van der Waals surface area contributed by atoms with E-state index in [0.29, 0.717) is 39.4 Å². The second kappa shape index (κ2) is 7.41. The molecule has 3 N–H and O–H groups in total. The zero-order chi connectivity index (χ0) is 20.6. The summed E-state index contributed by atoms with van der Waals surface area (Å²) in [6.07, 6.45) is 3.46. The van der Waals surface area contributed by atoms with Crippen molar-refractivity contribution in [3.63, 3.8) is 0 Å². The van der Waals surface area contributed by atoms with Gasteiger partial charge in [0.15, 0.2) is 4.96 Å². The van der Waals surface area contributed by atoms with E-state index in [1.807, 2.05) is 24.3 Å². The average Bonchev–Trinajstić information content (AvgIpc) is 3.27. The van der Waals surface area contributed by atoms with Gasteiger partial charge in [0.25, 0.3) is 5.91 Å². The number of nitrogens with zero attached hydrogens (tertiary/aromatic N) is 5. The maximum atomic E-state index is 11.5. The first kappa shape index (κ1) is 19.3. The highest BCUT2D eigenvalue weighted by Gasteiger charge is 2.25. The van der Waals surface area contributed by atoms with Crippen LogP contribution in [0.4, 0.5) is 5.82 Å². The Morgan fingerprint density at radius 3 is 2.79 bits per heavy atom. The number of anilines is 1. The fourth-order valence-corrected chi connectivity index (χ4v) is 4.17. The summed E-state index contributed by atoms with van der Waals surface area (Å²) in [7, 11) is 0. The van der Waals surface area contributed by atoms with E-state index in [4.69, 9.17) is 17.3 Å². The molecule has 8 nitrogen and oxygen atoms in total. The number of halogens is 1. The van der Waals surface area contributed by atoms with E-state index in [1.165, 1.54) is 11.3 Å². The molecule has 4 aromatic heterocycles. The number of thiazole rings is 1. The number of carbonyl (C=O) groups excluding carboxylic acids is 1. The van der Waals surface area contributed by atoms with E-state index in [1.54, 1.807) is 22.2 Å². The van der Waals surface area contributed by atoms with Crippen molar-refractivity contribution < 1.29 is 4.79 Å².